The predicted molar refractivity (Wildman–Crippen MR) is 87.8 cm³/mol. The molecule has 1 aromatic carbocycles. The molecule has 1 N–H and O–H groups in total. The summed E-state index contributed by atoms with van der Waals surface area (Å²) < 4.78 is 0. The van der Waals surface area contributed by atoms with Crippen LogP contribution in [0.4, 0.5) is 0 Å². The van der Waals surface area contributed by atoms with Crippen LogP contribution in [0.15, 0.2) is 24.3 Å². The van der Waals surface area contributed by atoms with E-state index in [0.717, 1.165) is 18.1 Å². The molecule has 0 bridgehead atoms. The molecule has 0 spiro atoms. The summed E-state index contributed by atoms with van der Waals surface area (Å²) in [5, 5.41) is 10.4. The van der Waals surface area contributed by atoms with Crippen molar-refractivity contribution in [2.75, 3.05) is 26.2 Å². The molecule has 0 amide bonds. The third-order valence-electron chi connectivity index (χ3n) is 5.73. The van der Waals surface area contributed by atoms with E-state index in [0.29, 0.717) is 23.9 Å². The molecule has 0 aromatic heterocycles. The third-order valence-corrected chi connectivity index (χ3v) is 5.98. The first-order valence-corrected chi connectivity index (χ1v) is 8.60. The minimum atomic E-state index is 0.325. The van der Waals surface area contributed by atoms with Crippen LogP contribution in [0.25, 0.3) is 0 Å². The number of halogens is 1. The van der Waals surface area contributed by atoms with E-state index in [9.17, 15) is 5.11 Å². The first kappa shape index (κ1) is 15.3. The van der Waals surface area contributed by atoms with Crippen molar-refractivity contribution in [3.63, 3.8) is 0 Å². The Morgan fingerprint density at radius 3 is 2.57 bits per heavy atom. The average molecular weight is 308 g/mol. The molecule has 2 aliphatic rings. The van der Waals surface area contributed by atoms with Gasteiger partial charge in [0, 0.05) is 30.1 Å². The number of rotatable bonds is 4. The van der Waals surface area contributed by atoms with Gasteiger partial charge >= 0.3 is 0 Å². The van der Waals surface area contributed by atoms with E-state index in [1.807, 2.05) is 12.1 Å². The highest BCUT2D eigenvalue weighted by molar-refractivity contribution is 6.30. The van der Waals surface area contributed by atoms with Gasteiger partial charge in [0.15, 0.2) is 0 Å². The smallest absolute Gasteiger partial charge is 0.0474 e. The fraction of sp³-hybridized carbons (Fsp3) is 0.667. The molecule has 2 nitrogen and oxygen atoms in total. The number of aliphatic hydroxyl groups excluding tert-OH is 1. The largest absolute Gasteiger partial charge is 0.396 e. The summed E-state index contributed by atoms with van der Waals surface area (Å²) in [6.45, 7) is 5.96. The molecular formula is C18H26ClNO. The maximum atomic E-state index is 9.55. The molecule has 1 aromatic rings. The lowest BCUT2D eigenvalue weighted by molar-refractivity contribution is 0.0492. The Hall–Kier alpha value is -0.570. The summed E-state index contributed by atoms with van der Waals surface area (Å²) in [5.74, 6) is 1.10. The van der Waals surface area contributed by atoms with Gasteiger partial charge in [-0.25, -0.2) is 0 Å². The summed E-state index contributed by atoms with van der Waals surface area (Å²) in [5.41, 5.74) is 1.77. The van der Waals surface area contributed by atoms with Crippen molar-refractivity contribution in [2.45, 2.75) is 38.0 Å². The molecule has 1 aliphatic heterocycles. The Morgan fingerprint density at radius 1 is 1.29 bits per heavy atom. The van der Waals surface area contributed by atoms with Crippen LogP contribution in [0.1, 0.15) is 38.2 Å². The van der Waals surface area contributed by atoms with Crippen molar-refractivity contribution in [3.05, 3.63) is 34.9 Å². The predicted octanol–water partition coefficient (Wildman–Crippen LogP) is 3.71. The monoisotopic (exact) mass is 307 g/mol. The summed E-state index contributed by atoms with van der Waals surface area (Å²) in [4.78, 5) is 2.58. The van der Waals surface area contributed by atoms with Crippen molar-refractivity contribution in [1.29, 1.82) is 0 Å². The third kappa shape index (κ3) is 3.13. The van der Waals surface area contributed by atoms with Crippen LogP contribution in [-0.4, -0.2) is 36.2 Å². The highest BCUT2D eigenvalue weighted by Crippen LogP contribution is 2.45. The second kappa shape index (κ2) is 6.28. The number of hydrogen-bond acceptors (Lipinski definition) is 2. The van der Waals surface area contributed by atoms with Gasteiger partial charge in [-0.3, -0.25) is 0 Å². The van der Waals surface area contributed by atoms with Gasteiger partial charge in [-0.2, -0.15) is 0 Å². The molecule has 2 atom stereocenters. The zero-order valence-corrected chi connectivity index (χ0v) is 13.6. The summed E-state index contributed by atoms with van der Waals surface area (Å²) >= 11 is 6.03. The minimum Gasteiger partial charge on any atom is -0.396 e. The Morgan fingerprint density at radius 2 is 2.00 bits per heavy atom. The van der Waals surface area contributed by atoms with E-state index in [1.54, 1.807) is 0 Å². The van der Waals surface area contributed by atoms with Gasteiger partial charge in [-0.1, -0.05) is 37.1 Å². The van der Waals surface area contributed by atoms with Crippen LogP contribution in [0, 0.1) is 11.8 Å². The molecule has 1 saturated carbocycles. The van der Waals surface area contributed by atoms with Gasteiger partial charge in [0.1, 0.15) is 0 Å². The zero-order valence-electron chi connectivity index (χ0n) is 12.9. The Labute approximate surface area is 133 Å². The maximum absolute atomic E-state index is 9.55. The van der Waals surface area contributed by atoms with Crippen molar-refractivity contribution < 1.29 is 5.11 Å². The fourth-order valence-corrected chi connectivity index (χ4v) is 4.11. The Kier molecular flexibility index (Phi) is 4.58. The summed E-state index contributed by atoms with van der Waals surface area (Å²) in [6.07, 6.45) is 5.10. The number of benzene rings is 1. The van der Waals surface area contributed by atoms with Crippen LogP contribution in [0.2, 0.25) is 5.02 Å². The average Bonchev–Trinajstić information content (AvgIpc) is 2.45. The lowest BCUT2D eigenvalue weighted by Gasteiger charge is -2.48. The maximum Gasteiger partial charge on any atom is 0.0474 e. The SMILES string of the molecule is C[C@H]1CCN(CC2(c3ccc(Cl)cc3)CCC2)C[C@@H]1CO. The standard InChI is InChI=1S/C18H26ClNO/c1-14-7-10-20(11-15(14)12-21)13-18(8-2-9-18)16-3-5-17(19)6-4-16/h3-6,14-15,21H,2,7-13H2,1H3/t14-,15+/m0/s1. The van der Waals surface area contributed by atoms with Crippen LogP contribution < -0.4 is 0 Å². The topological polar surface area (TPSA) is 23.5 Å². The molecule has 3 heteroatoms. The van der Waals surface area contributed by atoms with E-state index in [4.69, 9.17) is 11.6 Å². The first-order chi connectivity index (χ1) is 10.1. The van der Waals surface area contributed by atoms with E-state index < -0.39 is 0 Å². The van der Waals surface area contributed by atoms with Crippen LogP contribution in [0.5, 0.6) is 0 Å². The second-order valence-corrected chi connectivity index (χ2v) is 7.52. The molecule has 1 saturated heterocycles. The van der Waals surface area contributed by atoms with E-state index in [2.05, 4.69) is 24.0 Å². The number of likely N-dealkylation sites (tertiary alicyclic amines) is 1. The van der Waals surface area contributed by atoms with Gasteiger partial charge < -0.3 is 10.0 Å². The van der Waals surface area contributed by atoms with Crippen molar-refractivity contribution >= 4 is 11.6 Å². The lowest BCUT2D eigenvalue weighted by Crippen LogP contribution is -2.50. The highest BCUT2D eigenvalue weighted by Gasteiger charge is 2.41. The molecule has 116 valence electrons. The number of piperidine rings is 1. The molecular weight excluding hydrogens is 282 g/mol. The van der Waals surface area contributed by atoms with Crippen molar-refractivity contribution in [2.24, 2.45) is 11.8 Å². The van der Waals surface area contributed by atoms with Crippen molar-refractivity contribution in [1.82, 2.24) is 4.90 Å². The molecule has 1 heterocycles. The lowest BCUT2D eigenvalue weighted by atomic mass is 9.64. The molecule has 21 heavy (non-hydrogen) atoms. The van der Waals surface area contributed by atoms with E-state index in [-0.39, 0.29) is 0 Å². The molecule has 2 fully saturated rings. The van der Waals surface area contributed by atoms with Gasteiger partial charge in [0.05, 0.1) is 0 Å². The number of nitrogens with zero attached hydrogens (tertiary/aromatic N) is 1. The van der Waals surface area contributed by atoms with Gasteiger partial charge in [0.25, 0.3) is 0 Å². The summed E-state index contributed by atoms with van der Waals surface area (Å²) in [7, 11) is 0. The van der Waals surface area contributed by atoms with Crippen LogP contribution >= 0.6 is 11.6 Å². The van der Waals surface area contributed by atoms with E-state index in [1.165, 1.54) is 37.8 Å². The first-order valence-electron chi connectivity index (χ1n) is 8.22. The molecule has 0 radical (unpaired) electrons. The Bertz CT molecular complexity index is 469. The molecule has 3 rings (SSSR count). The zero-order chi connectivity index (χ0) is 14.9. The van der Waals surface area contributed by atoms with Crippen LogP contribution in [0.3, 0.4) is 0 Å². The van der Waals surface area contributed by atoms with Crippen LogP contribution in [-0.2, 0) is 5.41 Å². The Balaban J connectivity index is 1.71. The molecule has 1 aliphatic carbocycles. The second-order valence-electron chi connectivity index (χ2n) is 7.08. The quantitative estimate of drug-likeness (QED) is 0.916. The summed E-state index contributed by atoms with van der Waals surface area (Å²) in [6, 6.07) is 8.45. The fourth-order valence-electron chi connectivity index (χ4n) is 3.98. The van der Waals surface area contributed by atoms with E-state index >= 15 is 0 Å². The van der Waals surface area contributed by atoms with Gasteiger partial charge in [-0.05, 0) is 55.3 Å². The van der Waals surface area contributed by atoms with Gasteiger partial charge in [-0.15, -0.1) is 0 Å². The van der Waals surface area contributed by atoms with Crippen molar-refractivity contribution in [3.8, 4) is 0 Å². The number of hydrogen-bond donors (Lipinski definition) is 1. The van der Waals surface area contributed by atoms with Gasteiger partial charge in [0.2, 0.25) is 0 Å². The minimum absolute atomic E-state index is 0.325. The highest BCUT2D eigenvalue weighted by atomic mass is 35.5. The molecule has 0 unspecified atom stereocenters. The number of aliphatic hydroxyl groups is 1. The normalized spacial score (nSPS) is 29.1.